The Hall–Kier alpha value is -1.91. The molecule has 0 spiro atoms. The molecule has 5 nitrogen and oxygen atoms in total. The van der Waals surface area contributed by atoms with E-state index < -0.39 is 12.1 Å². The molecule has 1 aromatic heterocycles. The normalized spacial score (nSPS) is 34.4. The molecule has 0 radical (unpaired) electrons. The number of ether oxygens (including phenoxy) is 1. The molecule has 5 heteroatoms. The minimum atomic E-state index is -0.665. The lowest BCUT2D eigenvalue weighted by atomic mass is 9.48. The van der Waals surface area contributed by atoms with E-state index >= 15 is 0 Å². The van der Waals surface area contributed by atoms with Crippen LogP contribution in [0.15, 0.2) is 18.5 Å². The average molecular weight is 342 g/mol. The molecular formula is C20H26N2O3. The summed E-state index contributed by atoms with van der Waals surface area (Å²) in [5.41, 5.74) is 0.612. The van der Waals surface area contributed by atoms with E-state index in [1.165, 1.54) is 25.3 Å². The van der Waals surface area contributed by atoms with E-state index in [0.717, 1.165) is 24.8 Å². The summed E-state index contributed by atoms with van der Waals surface area (Å²) in [6, 6.07) is 0. The van der Waals surface area contributed by atoms with Crippen molar-refractivity contribution in [3.8, 4) is 0 Å². The number of nitrogens with zero attached hydrogens (tertiary/aromatic N) is 2. The molecule has 1 atom stereocenters. The standard InChI is InChI=1S/C20H26N2O3/c1-13(25-18(23)4-3-14-11-21-22(2)12-14)19(24)20-8-15-5-16(9-20)7-17(6-15)10-20/h3-4,11-13,15-17H,5-10H2,1-2H3/b4-3-/t13-,15?,16?,17?,20?/m1/s1. The maximum atomic E-state index is 13.1. The van der Waals surface area contributed by atoms with Crippen LogP contribution in [0.5, 0.6) is 0 Å². The molecular weight excluding hydrogens is 316 g/mol. The van der Waals surface area contributed by atoms with Crippen LogP contribution in [0.25, 0.3) is 6.08 Å². The highest BCUT2D eigenvalue weighted by molar-refractivity contribution is 5.93. The summed E-state index contributed by atoms with van der Waals surface area (Å²) in [5.74, 6) is 1.82. The first-order valence-electron chi connectivity index (χ1n) is 9.35. The first kappa shape index (κ1) is 16.6. The highest BCUT2D eigenvalue weighted by atomic mass is 16.5. The van der Waals surface area contributed by atoms with E-state index in [4.69, 9.17) is 4.74 Å². The molecule has 4 bridgehead atoms. The summed E-state index contributed by atoms with van der Waals surface area (Å²) in [6.07, 6.45) is 12.8. The highest BCUT2D eigenvalue weighted by Crippen LogP contribution is 2.60. The average Bonchev–Trinajstić information content (AvgIpc) is 2.96. The summed E-state index contributed by atoms with van der Waals surface area (Å²) in [4.78, 5) is 25.2. The number of carbonyl (C=O) groups excluding carboxylic acids is 2. The van der Waals surface area contributed by atoms with Gasteiger partial charge in [0.05, 0.1) is 6.20 Å². The van der Waals surface area contributed by atoms with Crippen LogP contribution in [0.2, 0.25) is 0 Å². The second kappa shape index (κ2) is 6.11. The van der Waals surface area contributed by atoms with Gasteiger partial charge in [0.2, 0.25) is 0 Å². The Morgan fingerprint density at radius 3 is 2.36 bits per heavy atom. The third-order valence-corrected chi connectivity index (χ3v) is 6.36. The lowest BCUT2D eigenvalue weighted by molar-refractivity contribution is -0.162. The minimum Gasteiger partial charge on any atom is -0.451 e. The SMILES string of the molecule is C[C@@H](OC(=O)/C=C\c1cnn(C)c1)C(=O)C12CC3CC(CC(C3)C1)C2. The second-order valence-corrected chi connectivity index (χ2v) is 8.42. The zero-order chi connectivity index (χ0) is 17.6. The first-order chi connectivity index (χ1) is 11.9. The van der Waals surface area contributed by atoms with Crippen molar-refractivity contribution in [3.05, 3.63) is 24.0 Å². The number of esters is 1. The minimum absolute atomic E-state index is 0.148. The van der Waals surface area contributed by atoms with Gasteiger partial charge < -0.3 is 4.74 Å². The lowest BCUT2D eigenvalue weighted by Gasteiger charge is -2.56. The summed E-state index contributed by atoms with van der Waals surface area (Å²) in [6.45, 7) is 1.73. The fourth-order valence-electron chi connectivity index (χ4n) is 5.80. The number of aryl methyl sites for hydroxylation is 1. The van der Waals surface area contributed by atoms with Gasteiger partial charge in [-0.1, -0.05) is 0 Å². The van der Waals surface area contributed by atoms with Crippen molar-refractivity contribution in [1.82, 2.24) is 9.78 Å². The van der Waals surface area contributed by atoms with E-state index in [1.54, 1.807) is 23.9 Å². The molecule has 0 aromatic carbocycles. The van der Waals surface area contributed by atoms with Gasteiger partial charge in [-0.2, -0.15) is 5.10 Å². The number of hydrogen-bond acceptors (Lipinski definition) is 4. The number of carbonyl (C=O) groups is 2. The molecule has 0 aliphatic heterocycles. The monoisotopic (exact) mass is 342 g/mol. The first-order valence-corrected chi connectivity index (χ1v) is 9.35. The molecule has 0 unspecified atom stereocenters. The zero-order valence-corrected chi connectivity index (χ0v) is 15.0. The van der Waals surface area contributed by atoms with Gasteiger partial charge in [-0.3, -0.25) is 9.48 Å². The van der Waals surface area contributed by atoms with Crippen LogP contribution in [-0.2, 0) is 21.4 Å². The molecule has 0 N–H and O–H groups in total. The van der Waals surface area contributed by atoms with Crippen molar-refractivity contribution in [2.24, 2.45) is 30.2 Å². The van der Waals surface area contributed by atoms with Gasteiger partial charge in [0, 0.05) is 30.3 Å². The fourth-order valence-corrected chi connectivity index (χ4v) is 5.80. The van der Waals surface area contributed by atoms with Crippen LogP contribution in [0.4, 0.5) is 0 Å². The van der Waals surface area contributed by atoms with Crippen molar-refractivity contribution in [2.75, 3.05) is 0 Å². The van der Waals surface area contributed by atoms with E-state index in [1.807, 2.05) is 13.2 Å². The molecule has 0 amide bonds. The summed E-state index contributed by atoms with van der Waals surface area (Å²) >= 11 is 0. The van der Waals surface area contributed by atoms with Crippen LogP contribution in [0, 0.1) is 23.2 Å². The van der Waals surface area contributed by atoms with Gasteiger partial charge in [0.1, 0.15) is 0 Å². The van der Waals surface area contributed by atoms with Crippen LogP contribution in [0.1, 0.15) is 51.0 Å². The second-order valence-electron chi connectivity index (χ2n) is 8.42. The summed E-state index contributed by atoms with van der Waals surface area (Å²) in [7, 11) is 1.82. The molecule has 1 heterocycles. The molecule has 0 saturated heterocycles. The summed E-state index contributed by atoms with van der Waals surface area (Å²) in [5, 5.41) is 4.05. The van der Waals surface area contributed by atoms with Gasteiger partial charge in [-0.25, -0.2) is 4.79 Å². The van der Waals surface area contributed by atoms with Gasteiger partial charge in [-0.15, -0.1) is 0 Å². The number of hydrogen-bond donors (Lipinski definition) is 0. The van der Waals surface area contributed by atoms with E-state index in [2.05, 4.69) is 5.10 Å². The Labute approximate surface area is 148 Å². The number of rotatable bonds is 5. The predicted molar refractivity (Wildman–Crippen MR) is 93.4 cm³/mol. The van der Waals surface area contributed by atoms with Crippen molar-refractivity contribution in [3.63, 3.8) is 0 Å². The Bertz CT molecular complexity index is 683. The zero-order valence-electron chi connectivity index (χ0n) is 15.0. The fraction of sp³-hybridized carbons (Fsp3) is 0.650. The number of ketones is 1. The van der Waals surface area contributed by atoms with E-state index in [0.29, 0.717) is 17.8 Å². The molecule has 1 aromatic rings. The van der Waals surface area contributed by atoms with Gasteiger partial charge in [0.25, 0.3) is 0 Å². The number of aromatic nitrogens is 2. The van der Waals surface area contributed by atoms with Crippen LogP contribution in [-0.4, -0.2) is 27.6 Å². The molecule has 4 saturated carbocycles. The van der Waals surface area contributed by atoms with Gasteiger partial charge >= 0.3 is 5.97 Å². The molecule has 134 valence electrons. The molecule has 4 aliphatic rings. The van der Waals surface area contributed by atoms with E-state index in [9.17, 15) is 9.59 Å². The topological polar surface area (TPSA) is 61.2 Å². The third-order valence-electron chi connectivity index (χ3n) is 6.36. The highest BCUT2D eigenvalue weighted by Gasteiger charge is 2.55. The maximum Gasteiger partial charge on any atom is 0.331 e. The Morgan fingerprint density at radius 1 is 1.24 bits per heavy atom. The third kappa shape index (κ3) is 3.16. The predicted octanol–water partition coefficient (Wildman–Crippen LogP) is 3.15. The quantitative estimate of drug-likeness (QED) is 0.609. The molecule has 4 fully saturated rings. The Balaban J connectivity index is 1.39. The Kier molecular flexibility index (Phi) is 4.05. The van der Waals surface area contributed by atoms with Crippen molar-refractivity contribution in [1.29, 1.82) is 0 Å². The van der Waals surface area contributed by atoms with Crippen LogP contribution in [0.3, 0.4) is 0 Å². The summed E-state index contributed by atoms with van der Waals surface area (Å²) < 4.78 is 7.10. The molecule has 25 heavy (non-hydrogen) atoms. The van der Waals surface area contributed by atoms with Crippen LogP contribution >= 0.6 is 0 Å². The molecule has 5 rings (SSSR count). The Morgan fingerprint density at radius 2 is 1.84 bits per heavy atom. The van der Waals surface area contributed by atoms with Crippen molar-refractivity contribution < 1.29 is 14.3 Å². The maximum absolute atomic E-state index is 13.1. The smallest absolute Gasteiger partial charge is 0.331 e. The number of Topliss-reactive ketones (excluding diaryl/α,β-unsaturated/α-hetero) is 1. The molecule has 4 aliphatic carbocycles. The van der Waals surface area contributed by atoms with Gasteiger partial charge in [0.15, 0.2) is 11.9 Å². The van der Waals surface area contributed by atoms with Crippen molar-refractivity contribution >= 4 is 17.8 Å². The van der Waals surface area contributed by atoms with E-state index in [-0.39, 0.29) is 11.2 Å². The van der Waals surface area contributed by atoms with Gasteiger partial charge in [-0.05, 0) is 69.3 Å². The van der Waals surface area contributed by atoms with Crippen molar-refractivity contribution in [2.45, 2.75) is 51.6 Å². The lowest BCUT2D eigenvalue weighted by Crippen LogP contribution is -2.52. The largest absolute Gasteiger partial charge is 0.451 e. The van der Waals surface area contributed by atoms with Crippen LogP contribution < -0.4 is 0 Å².